The van der Waals surface area contributed by atoms with Crippen LogP contribution in [0.2, 0.25) is 0 Å². The second-order valence-corrected chi connectivity index (χ2v) is 11.3. The van der Waals surface area contributed by atoms with Gasteiger partial charge in [-0.2, -0.15) is 4.31 Å². The summed E-state index contributed by atoms with van der Waals surface area (Å²) in [5.74, 6) is -2.15. The Hall–Kier alpha value is -2.32. The molecule has 0 radical (unpaired) electrons. The van der Waals surface area contributed by atoms with Crippen LogP contribution in [0.15, 0.2) is 47.4 Å². The van der Waals surface area contributed by atoms with Crippen LogP contribution in [-0.2, 0) is 26.8 Å². The van der Waals surface area contributed by atoms with Crippen molar-refractivity contribution in [2.24, 2.45) is 5.92 Å². The molecule has 32 heavy (non-hydrogen) atoms. The summed E-state index contributed by atoms with van der Waals surface area (Å²) in [7, 11) is -2.41. The summed E-state index contributed by atoms with van der Waals surface area (Å²) in [6, 6.07) is 10.6. The van der Waals surface area contributed by atoms with Gasteiger partial charge in [0.2, 0.25) is 15.9 Å². The second kappa shape index (κ2) is 9.27. The SMILES string of the molecule is CN(Cc1ccc(C(C)(C)C)cc1)C(=O)C1CCN(S(=O)(=O)c2cc(F)ccc2F)CC1. The lowest BCUT2D eigenvalue weighted by atomic mass is 9.86. The summed E-state index contributed by atoms with van der Waals surface area (Å²) >= 11 is 0. The van der Waals surface area contributed by atoms with E-state index >= 15 is 0 Å². The Morgan fingerprint density at radius 3 is 2.22 bits per heavy atom. The summed E-state index contributed by atoms with van der Waals surface area (Å²) in [6.07, 6.45) is 0.671. The molecule has 0 saturated carbocycles. The number of halogens is 2. The Morgan fingerprint density at radius 1 is 1.06 bits per heavy atom. The summed E-state index contributed by atoms with van der Waals surface area (Å²) in [5, 5.41) is 0. The Balaban J connectivity index is 1.60. The number of amides is 1. The molecule has 2 aromatic rings. The van der Waals surface area contributed by atoms with Gasteiger partial charge in [0, 0.05) is 32.6 Å². The van der Waals surface area contributed by atoms with Crippen molar-refractivity contribution in [1.29, 1.82) is 0 Å². The fraction of sp³-hybridized carbons (Fsp3) is 0.458. The number of nitrogens with zero attached hydrogens (tertiary/aromatic N) is 2. The Labute approximate surface area is 189 Å². The van der Waals surface area contributed by atoms with E-state index in [4.69, 9.17) is 0 Å². The highest BCUT2D eigenvalue weighted by Gasteiger charge is 2.34. The van der Waals surface area contributed by atoms with Gasteiger partial charge in [-0.3, -0.25) is 4.79 Å². The Kier molecular flexibility index (Phi) is 7.05. The summed E-state index contributed by atoms with van der Waals surface area (Å²) in [4.78, 5) is 13.9. The molecule has 1 fully saturated rings. The van der Waals surface area contributed by atoms with Crippen LogP contribution in [0.5, 0.6) is 0 Å². The van der Waals surface area contributed by atoms with E-state index in [0.717, 1.165) is 22.0 Å². The van der Waals surface area contributed by atoms with Crippen LogP contribution in [-0.4, -0.2) is 43.7 Å². The van der Waals surface area contributed by atoms with Crippen LogP contribution in [0.3, 0.4) is 0 Å². The Bertz CT molecular complexity index is 1070. The first-order chi connectivity index (χ1) is 14.9. The van der Waals surface area contributed by atoms with E-state index in [-0.39, 0.29) is 30.3 Å². The molecule has 1 aliphatic rings. The van der Waals surface area contributed by atoms with Crippen molar-refractivity contribution >= 4 is 15.9 Å². The maximum absolute atomic E-state index is 14.0. The third-order valence-electron chi connectivity index (χ3n) is 5.93. The number of hydrogen-bond acceptors (Lipinski definition) is 3. The highest BCUT2D eigenvalue weighted by atomic mass is 32.2. The molecule has 0 spiro atoms. The first-order valence-corrected chi connectivity index (χ1v) is 12.1. The Morgan fingerprint density at radius 2 is 1.66 bits per heavy atom. The molecule has 0 aromatic heterocycles. The molecule has 5 nitrogen and oxygen atoms in total. The number of carbonyl (C=O) groups is 1. The zero-order chi connectivity index (χ0) is 23.7. The second-order valence-electron chi connectivity index (χ2n) is 9.39. The molecule has 0 aliphatic carbocycles. The van der Waals surface area contributed by atoms with Gasteiger partial charge < -0.3 is 4.90 Å². The molecule has 2 aromatic carbocycles. The molecular weight excluding hydrogens is 434 g/mol. The van der Waals surface area contributed by atoms with Crippen molar-refractivity contribution in [1.82, 2.24) is 9.21 Å². The quantitative estimate of drug-likeness (QED) is 0.662. The first kappa shape index (κ1) is 24.3. The maximum Gasteiger partial charge on any atom is 0.246 e. The van der Waals surface area contributed by atoms with Crippen molar-refractivity contribution < 1.29 is 22.0 Å². The zero-order valence-electron chi connectivity index (χ0n) is 18.9. The van der Waals surface area contributed by atoms with Gasteiger partial charge in [-0.1, -0.05) is 45.0 Å². The zero-order valence-corrected chi connectivity index (χ0v) is 19.8. The minimum absolute atomic E-state index is 0.0427. The summed E-state index contributed by atoms with van der Waals surface area (Å²) < 4.78 is 54.0. The molecule has 0 atom stereocenters. The molecule has 0 N–H and O–H groups in total. The first-order valence-electron chi connectivity index (χ1n) is 10.7. The number of carbonyl (C=O) groups excluding carboxylic acids is 1. The monoisotopic (exact) mass is 464 g/mol. The van der Waals surface area contributed by atoms with Crippen LogP contribution in [0.25, 0.3) is 0 Å². The van der Waals surface area contributed by atoms with Crippen molar-refractivity contribution in [2.45, 2.75) is 50.5 Å². The molecule has 3 rings (SSSR count). The highest BCUT2D eigenvalue weighted by molar-refractivity contribution is 7.89. The standard InChI is InChI=1S/C24H30F2N2O3S/c1-24(2,3)19-7-5-17(6-8-19)16-27(4)23(29)18-11-13-28(14-12-18)32(30,31)22-15-20(25)9-10-21(22)26/h5-10,15,18H,11-14,16H2,1-4H3. The molecule has 1 heterocycles. The fourth-order valence-electron chi connectivity index (χ4n) is 3.93. The number of hydrogen-bond donors (Lipinski definition) is 0. The van der Waals surface area contributed by atoms with Gasteiger partial charge >= 0.3 is 0 Å². The number of rotatable bonds is 5. The number of piperidine rings is 1. The molecule has 0 unspecified atom stereocenters. The largest absolute Gasteiger partial charge is 0.341 e. The third-order valence-corrected chi connectivity index (χ3v) is 7.84. The van der Waals surface area contributed by atoms with Gasteiger partial charge in [0.05, 0.1) is 0 Å². The van der Waals surface area contributed by atoms with Crippen molar-refractivity contribution in [3.8, 4) is 0 Å². The minimum Gasteiger partial charge on any atom is -0.341 e. The number of sulfonamides is 1. The third kappa shape index (κ3) is 5.35. The van der Waals surface area contributed by atoms with Crippen LogP contribution < -0.4 is 0 Å². The molecule has 0 bridgehead atoms. The van der Waals surface area contributed by atoms with E-state index in [1.807, 2.05) is 12.1 Å². The van der Waals surface area contributed by atoms with Crippen LogP contribution in [0, 0.1) is 17.6 Å². The lowest BCUT2D eigenvalue weighted by molar-refractivity contribution is -0.135. The van der Waals surface area contributed by atoms with Crippen molar-refractivity contribution in [3.05, 3.63) is 65.2 Å². The minimum atomic E-state index is -4.16. The van der Waals surface area contributed by atoms with Gasteiger partial charge in [-0.15, -0.1) is 0 Å². The van der Waals surface area contributed by atoms with Gasteiger partial charge in [-0.05, 0) is 47.6 Å². The fourth-order valence-corrected chi connectivity index (χ4v) is 5.48. The predicted molar refractivity (Wildman–Crippen MR) is 119 cm³/mol. The molecule has 1 saturated heterocycles. The van der Waals surface area contributed by atoms with Gasteiger partial charge in [0.15, 0.2) is 0 Å². The smallest absolute Gasteiger partial charge is 0.246 e. The van der Waals surface area contributed by atoms with E-state index in [1.165, 1.54) is 5.56 Å². The molecule has 174 valence electrons. The van der Waals surface area contributed by atoms with E-state index in [0.29, 0.717) is 25.5 Å². The lowest BCUT2D eigenvalue weighted by Crippen LogP contribution is -2.43. The molecule has 1 amide bonds. The topological polar surface area (TPSA) is 57.7 Å². The van der Waals surface area contributed by atoms with Crippen LogP contribution >= 0.6 is 0 Å². The van der Waals surface area contributed by atoms with Crippen molar-refractivity contribution in [2.75, 3.05) is 20.1 Å². The van der Waals surface area contributed by atoms with E-state index in [9.17, 15) is 22.0 Å². The van der Waals surface area contributed by atoms with E-state index in [1.54, 1.807) is 11.9 Å². The average molecular weight is 465 g/mol. The van der Waals surface area contributed by atoms with Gasteiger partial charge in [0.25, 0.3) is 0 Å². The normalized spacial score (nSPS) is 16.2. The summed E-state index contributed by atoms with van der Waals surface area (Å²) in [6.45, 7) is 7.08. The van der Waals surface area contributed by atoms with Gasteiger partial charge in [-0.25, -0.2) is 17.2 Å². The maximum atomic E-state index is 14.0. The summed E-state index contributed by atoms with van der Waals surface area (Å²) in [5.41, 5.74) is 2.30. The lowest BCUT2D eigenvalue weighted by Gasteiger charge is -2.32. The van der Waals surface area contributed by atoms with E-state index < -0.39 is 26.6 Å². The average Bonchev–Trinajstić information content (AvgIpc) is 2.74. The van der Waals surface area contributed by atoms with Gasteiger partial charge in [0.1, 0.15) is 16.5 Å². The molecule has 8 heteroatoms. The molecule has 1 aliphatic heterocycles. The predicted octanol–water partition coefficient (Wildman–Crippen LogP) is 4.32. The number of benzene rings is 2. The molecular formula is C24H30F2N2O3S. The van der Waals surface area contributed by atoms with Crippen LogP contribution in [0.1, 0.15) is 44.7 Å². The highest BCUT2D eigenvalue weighted by Crippen LogP contribution is 2.27. The van der Waals surface area contributed by atoms with E-state index in [2.05, 4.69) is 32.9 Å². The van der Waals surface area contributed by atoms with Crippen LogP contribution in [0.4, 0.5) is 8.78 Å². The van der Waals surface area contributed by atoms with Crippen molar-refractivity contribution in [3.63, 3.8) is 0 Å².